The molecule has 6 nitrogen and oxygen atoms in total. The van der Waals surface area contributed by atoms with E-state index in [0.717, 1.165) is 69.2 Å². The summed E-state index contributed by atoms with van der Waals surface area (Å²) in [5, 5.41) is 9.41. The molecule has 0 bridgehead atoms. The number of hydrogen-bond acceptors (Lipinski definition) is 8. The molecule has 178 valence electrons. The number of pyridine rings is 2. The minimum atomic E-state index is 0.894. The van der Waals surface area contributed by atoms with Crippen LogP contribution in [0.15, 0.2) is 70.7 Å². The van der Waals surface area contributed by atoms with Gasteiger partial charge in [0.2, 0.25) is 0 Å². The van der Waals surface area contributed by atoms with Gasteiger partial charge < -0.3 is 20.4 Å². The van der Waals surface area contributed by atoms with Crippen molar-refractivity contribution >= 4 is 54.8 Å². The third-order valence-electron chi connectivity index (χ3n) is 5.44. The van der Waals surface area contributed by atoms with Crippen LogP contribution < -0.4 is 10.6 Å². The van der Waals surface area contributed by atoms with Crippen molar-refractivity contribution in [3.63, 3.8) is 0 Å². The average Bonchev–Trinajstić information content (AvgIpc) is 2.83. The summed E-state index contributed by atoms with van der Waals surface area (Å²) in [5.41, 5.74) is 4.29. The molecule has 8 heteroatoms. The number of likely N-dealkylation sites (N-methyl/N-ethyl adjacent to an activating group) is 2. The molecule has 0 unspecified atom stereocenters. The van der Waals surface area contributed by atoms with Gasteiger partial charge >= 0.3 is 0 Å². The van der Waals surface area contributed by atoms with Crippen molar-refractivity contribution in [2.75, 3.05) is 65.0 Å². The fourth-order valence-electron chi connectivity index (χ4n) is 3.65. The number of benzene rings is 2. The molecule has 0 fully saturated rings. The monoisotopic (exact) mass is 492 g/mol. The van der Waals surface area contributed by atoms with Gasteiger partial charge in [0.1, 0.15) is 0 Å². The Morgan fingerprint density at radius 2 is 1.09 bits per heavy atom. The van der Waals surface area contributed by atoms with Gasteiger partial charge in [-0.05, 0) is 76.7 Å². The molecular weight excluding hydrogens is 460 g/mol. The highest BCUT2D eigenvalue weighted by atomic mass is 33.1. The quantitative estimate of drug-likeness (QED) is 0.265. The van der Waals surface area contributed by atoms with Gasteiger partial charge in [0.25, 0.3) is 0 Å². The summed E-state index contributed by atoms with van der Waals surface area (Å²) in [4.78, 5) is 16.1. The lowest BCUT2D eigenvalue weighted by Crippen LogP contribution is -2.20. The van der Waals surface area contributed by atoms with Crippen LogP contribution in [0.4, 0.5) is 11.4 Å². The molecule has 4 aromatic rings. The van der Waals surface area contributed by atoms with Gasteiger partial charge in [-0.15, -0.1) is 0 Å². The van der Waals surface area contributed by atoms with Crippen molar-refractivity contribution in [3.8, 4) is 0 Å². The van der Waals surface area contributed by atoms with Crippen LogP contribution in [0.3, 0.4) is 0 Å². The molecule has 0 saturated heterocycles. The maximum Gasteiger partial charge on any atom is 0.0867 e. The lowest BCUT2D eigenvalue weighted by Gasteiger charge is -2.15. The molecule has 2 N–H and O–H groups in total. The predicted molar refractivity (Wildman–Crippen MR) is 149 cm³/mol. The molecule has 0 aliphatic rings. The molecule has 0 saturated carbocycles. The maximum atomic E-state index is 4.71. The topological polar surface area (TPSA) is 56.3 Å². The number of nitrogens with one attached hydrogen (secondary N) is 2. The Hall–Kier alpha value is -2.52. The Labute approximate surface area is 209 Å². The van der Waals surface area contributed by atoms with E-state index in [1.165, 1.54) is 0 Å². The Morgan fingerprint density at radius 1 is 0.647 bits per heavy atom. The van der Waals surface area contributed by atoms with Crippen molar-refractivity contribution in [1.29, 1.82) is 0 Å². The molecule has 34 heavy (non-hydrogen) atoms. The SMILES string of the molecule is CN(C)CCNc1ccc(SSc2ccc(NCCN(C)C)c3cccnc23)c2ncccc12. The first-order valence-corrected chi connectivity index (χ1v) is 13.5. The lowest BCUT2D eigenvalue weighted by atomic mass is 10.2. The normalized spacial score (nSPS) is 11.6. The molecule has 2 aromatic carbocycles. The van der Waals surface area contributed by atoms with Crippen molar-refractivity contribution in [1.82, 2.24) is 19.8 Å². The van der Waals surface area contributed by atoms with Crippen molar-refractivity contribution in [2.45, 2.75) is 9.79 Å². The second-order valence-corrected chi connectivity index (χ2v) is 10.9. The number of anilines is 2. The Morgan fingerprint density at radius 3 is 1.50 bits per heavy atom. The molecule has 0 aliphatic heterocycles. The smallest absolute Gasteiger partial charge is 0.0867 e. The van der Waals surface area contributed by atoms with Crippen molar-refractivity contribution in [2.24, 2.45) is 0 Å². The third-order valence-corrected chi connectivity index (χ3v) is 7.86. The summed E-state index contributed by atoms with van der Waals surface area (Å²) in [6.07, 6.45) is 3.73. The number of fused-ring (bicyclic) bond motifs is 2. The first-order valence-electron chi connectivity index (χ1n) is 11.4. The highest BCUT2D eigenvalue weighted by molar-refractivity contribution is 8.76. The second-order valence-electron chi connectivity index (χ2n) is 8.65. The Kier molecular flexibility index (Phi) is 8.50. The van der Waals surface area contributed by atoms with E-state index in [-0.39, 0.29) is 0 Å². The van der Waals surface area contributed by atoms with Crippen LogP contribution in [0.25, 0.3) is 21.8 Å². The maximum absolute atomic E-state index is 4.71. The summed E-state index contributed by atoms with van der Waals surface area (Å²) in [6, 6.07) is 16.9. The fourth-order valence-corrected chi connectivity index (χ4v) is 5.91. The van der Waals surface area contributed by atoms with Crippen LogP contribution in [0.5, 0.6) is 0 Å². The van der Waals surface area contributed by atoms with E-state index in [4.69, 9.17) is 9.97 Å². The van der Waals surface area contributed by atoms with Crippen LogP contribution in [-0.4, -0.2) is 74.1 Å². The minimum absolute atomic E-state index is 0.894. The van der Waals surface area contributed by atoms with Gasteiger partial charge in [-0.3, -0.25) is 9.97 Å². The number of rotatable bonds is 11. The molecule has 2 aromatic heterocycles. The van der Waals surface area contributed by atoms with E-state index >= 15 is 0 Å². The van der Waals surface area contributed by atoms with E-state index in [1.54, 1.807) is 21.6 Å². The van der Waals surface area contributed by atoms with Crippen molar-refractivity contribution < 1.29 is 0 Å². The highest BCUT2D eigenvalue weighted by Gasteiger charge is 2.12. The fraction of sp³-hybridized carbons (Fsp3) is 0.308. The molecule has 2 heterocycles. The van der Waals surface area contributed by atoms with Gasteiger partial charge in [0, 0.05) is 70.5 Å². The summed E-state index contributed by atoms with van der Waals surface area (Å²) < 4.78 is 0. The summed E-state index contributed by atoms with van der Waals surface area (Å²) in [6.45, 7) is 3.75. The summed E-state index contributed by atoms with van der Waals surface area (Å²) in [7, 11) is 11.8. The zero-order valence-electron chi connectivity index (χ0n) is 20.2. The van der Waals surface area contributed by atoms with Crippen LogP contribution in [0.1, 0.15) is 0 Å². The van der Waals surface area contributed by atoms with E-state index in [1.807, 2.05) is 24.5 Å². The van der Waals surface area contributed by atoms with Gasteiger partial charge in [0.15, 0.2) is 0 Å². The zero-order valence-corrected chi connectivity index (χ0v) is 21.8. The van der Waals surface area contributed by atoms with E-state index in [0.29, 0.717) is 0 Å². The van der Waals surface area contributed by atoms with Gasteiger partial charge in [0.05, 0.1) is 11.0 Å². The van der Waals surface area contributed by atoms with E-state index in [9.17, 15) is 0 Å². The standard InChI is InChI=1S/C26H32N6S2/c1-31(2)17-15-27-21-9-11-23(25-19(21)7-5-13-29-25)33-34-24-12-10-22(28-16-18-32(3)4)20-8-6-14-30-26(20)24/h5-14,27-28H,15-18H2,1-4H3. The highest BCUT2D eigenvalue weighted by Crippen LogP contribution is 2.44. The van der Waals surface area contributed by atoms with Crippen LogP contribution >= 0.6 is 21.6 Å². The molecule has 4 rings (SSSR count). The second kappa shape index (κ2) is 11.8. The predicted octanol–water partition coefficient (Wildman–Crippen LogP) is 5.53. The molecule has 0 aliphatic carbocycles. The molecule has 0 radical (unpaired) electrons. The van der Waals surface area contributed by atoms with Crippen molar-refractivity contribution in [3.05, 3.63) is 60.9 Å². The van der Waals surface area contributed by atoms with Crippen LogP contribution in [0, 0.1) is 0 Å². The van der Waals surface area contributed by atoms with Crippen LogP contribution in [0.2, 0.25) is 0 Å². The molecule has 0 spiro atoms. The van der Waals surface area contributed by atoms with E-state index < -0.39 is 0 Å². The molecule has 0 atom stereocenters. The molecule has 0 amide bonds. The number of hydrogen-bond donors (Lipinski definition) is 2. The lowest BCUT2D eigenvalue weighted by molar-refractivity contribution is 0.425. The van der Waals surface area contributed by atoms with E-state index in [2.05, 4.69) is 85.0 Å². The minimum Gasteiger partial charge on any atom is -0.383 e. The van der Waals surface area contributed by atoms with Gasteiger partial charge in [-0.1, -0.05) is 21.6 Å². The largest absolute Gasteiger partial charge is 0.383 e. The first kappa shape index (κ1) is 24.6. The average molecular weight is 493 g/mol. The summed E-state index contributed by atoms with van der Waals surface area (Å²) >= 11 is 0. The van der Waals surface area contributed by atoms with Crippen LogP contribution in [-0.2, 0) is 0 Å². The Bertz CT molecular complexity index is 1150. The zero-order chi connectivity index (χ0) is 23.9. The summed E-state index contributed by atoms with van der Waals surface area (Å²) in [5.74, 6) is 0. The molecular formula is C26H32N6S2. The first-order chi connectivity index (χ1) is 16.5. The third kappa shape index (κ3) is 6.13. The van der Waals surface area contributed by atoms with Gasteiger partial charge in [-0.25, -0.2) is 0 Å². The van der Waals surface area contributed by atoms with Gasteiger partial charge in [-0.2, -0.15) is 0 Å². The Balaban J connectivity index is 1.54. The number of nitrogens with zero attached hydrogens (tertiary/aromatic N) is 4. The number of aromatic nitrogens is 2.